The van der Waals surface area contributed by atoms with Gasteiger partial charge in [-0.1, -0.05) is 12.2 Å². The van der Waals surface area contributed by atoms with E-state index in [4.69, 9.17) is 18.0 Å². The average molecular weight is 248 g/mol. The molecule has 0 unspecified atom stereocenters. The van der Waals surface area contributed by atoms with E-state index in [1.807, 2.05) is 10.8 Å². The number of thiocarbonyl (C=S) groups is 1. The number of anilines is 1. The van der Waals surface area contributed by atoms with Crippen molar-refractivity contribution in [3.63, 3.8) is 0 Å². The van der Waals surface area contributed by atoms with Crippen molar-refractivity contribution in [2.24, 2.45) is 5.73 Å². The average Bonchev–Trinajstić information content (AvgIpc) is 2.82. The lowest BCUT2D eigenvalue weighted by Crippen LogP contribution is -2.18. The van der Waals surface area contributed by atoms with Crippen LogP contribution < -0.4 is 11.1 Å². The summed E-state index contributed by atoms with van der Waals surface area (Å²) in [6.07, 6.45) is 8.55. The Hall–Kier alpha value is -2.02. The van der Waals surface area contributed by atoms with E-state index in [0.29, 0.717) is 18.1 Å². The minimum absolute atomic E-state index is 0.239. The van der Waals surface area contributed by atoms with Crippen LogP contribution in [-0.4, -0.2) is 31.1 Å². The molecule has 0 spiro atoms. The molecular formula is C10H12N6S. The lowest BCUT2D eigenvalue weighted by molar-refractivity contribution is 0.725. The summed E-state index contributed by atoms with van der Waals surface area (Å²) in [4.78, 5) is 12.4. The van der Waals surface area contributed by atoms with E-state index in [-0.39, 0.29) is 4.99 Å². The Morgan fingerprint density at radius 3 is 2.88 bits per heavy atom. The summed E-state index contributed by atoms with van der Waals surface area (Å²) >= 11 is 4.90. The number of nitrogens with two attached hydrogens (primary N) is 1. The molecule has 88 valence electrons. The van der Waals surface area contributed by atoms with Crippen LogP contribution in [0.3, 0.4) is 0 Å². The molecule has 0 atom stereocenters. The fourth-order valence-corrected chi connectivity index (χ4v) is 1.52. The predicted octanol–water partition coefficient (Wildman–Crippen LogP) is 0.419. The number of nitrogens with one attached hydrogen (secondary N) is 1. The Labute approximate surface area is 104 Å². The standard InChI is InChI=1S/C10H12N6S/c11-9(17)8-10(14-2-1-13-8)15-4-6-16-5-3-12-7-16/h1-3,5,7H,4,6H2,(H2,11,17)(H,14,15). The minimum atomic E-state index is 0.239. The third-order valence-electron chi connectivity index (χ3n) is 2.15. The Morgan fingerprint density at radius 2 is 2.18 bits per heavy atom. The van der Waals surface area contributed by atoms with Crippen LogP contribution in [0.4, 0.5) is 5.82 Å². The van der Waals surface area contributed by atoms with Crippen molar-refractivity contribution in [2.75, 3.05) is 11.9 Å². The highest BCUT2D eigenvalue weighted by Crippen LogP contribution is 2.07. The molecule has 2 heterocycles. The van der Waals surface area contributed by atoms with E-state index in [9.17, 15) is 0 Å². The van der Waals surface area contributed by atoms with E-state index >= 15 is 0 Å². The highest BCUT2D eigenvalue weighted by Gasteiger charge is 2.06. The molecule has 6 nitrogen and oxygen atoms in total. The van der Waals surface area contributed by atoms with Crippen molar-refractivity contribution in [3.8, 4) is 0 Å². The predicted molar refractivity (Wildman–Crippen MR) is 68.6 cm³/mol. The van der Waals surface area contributed by atoms with Gasteiger partial charge in [0.05, 0.1) is 6.33 Å². The molecule has 2 aromatic heterocycles. The monoisotopic (exact) mass is 248 g/mol. The van der Waals surface area contributed by atoms with Crippen LogP contribution >= 0.6 is 12.2 Å². The third kappa shape index (κ3) is 2.97. The van der Waals surface area contributed by atoms with E-state index in [2.05, 4.69) is 20.3 Å². The van der Waals surface area contributed by atoms with Gasteiger partial charge in [0.25, 0.3) is 0 Å². The second-order valence-electron chi connectivity index (χ2n) is 3.35. The Balaban J connectivity index is 1.97. The zero-order chi connectivity index (χ0) is 12.1. The number of imidazole rings is 1. The first-order valence-electron chi connectivity index (χ1n) is 5.08. The summed E-state index contributed by atoms with van der Waals surface area (Å²) in [6, 6.07) is 0. The smallest absolute Gasteiger partial charge is 0.155 e. The summed E-state index contributed by atoms with van der Waals surface area (Å²) in [6.45, 7) is 1.48. The van der Waals surface area contributed by atoms with Crippen molar-refractivity contribution in [2.45, 2.75) is 6.54 Å². The van der Waals surface area contributed by atoms with Gasteiger partial charge < -0.3 is 15.6 Å². The number of nitrogens with zero attached hydrogens (tertiary/aromatic N) is 4. The molecule has 2 aromatic rings. The second-order valence-corrected chi connectivity index (χ2v) is 3.78. The Bertz CT molecular complexity index is 495. The molecule has 3 N–H and O–H groups in total. The van der Waals surface area contributed by atoms with Crippen LogP contribution in [0.2, 0.25) is 0 Å². The molecular weight excluding hydrogens is 236 g/mol. The van der Waals surface area contributed by atoms with E-state index in [1.165, 1.54) is 0 Å². The fraction of sp³-hybridized carbons (Fsp3) is 0.200. The molecule has 17 heavy (non-hydrogen) atoms. The van der Waals surface area contributed by atoms with Crippen LogP contribution in [0.5, 0.6) is 0 Å². The first kappa shape index (κ1) is 11.5. The molecule has 0 bridgehead atoms. The summed E-state index contributed by atoms with van der Waals surface area (Å²) in [5.41, 5.74) is 6.08. The second kappa shape index (κ2) is 5.35. The summed E-state index contributed by atoms with van der Waals surface area (Å²) in [5.74, 6) is 0.611. The molecule has 7 heteroatoms. The molecule has 0 radical (unpaired) electrons. The van der Waals surface area contributed by atoms with Crippen molar-refractivity contribution in [1.82, 2.24) is 19.5 Å². The van der Waals surface area contributed by atoms with Crippen molar-refractivity contribution in [3.05, 3.63) is 36.8 Å². The summed E-state index contributed by atoms with van der Waals surface area (Å²) < 4.78 is 1.96. The Morgan fingerprint density at radius 1 is 1.35 bits per heavy atom. The molecule has 0 saturated heterocycles. The first-order chi connectivity index (χ1) is 8.27. The number of hydrogen-bond acceptors (Lipinski definition) is 5. The lowest BCUT2D eigenvalue weighted by atomic mass is 10.4. The molecule has 0 aliphatic rings. The van der Waals surface area contributed by atoms with Gasteiger partial charge in [-0.3, -0.25) is 0 Å². The van der Waals surface area contributed by atoms with Crippen LogP contribution in [0.15, 0.2) is 31.1 Å². The Kier molecular flexibility index (Phi) is 3.61. The van der Waals surface area contributed by atoms with E-state index in [1.54, 1.807) is 24.9 Å². The molecule has 0 fully saturated rings. The third-order valence-corrected chi connectivity index (χ3v) is 2.35. The first-order valence-corrected chi connectivity index (χ1v) is 5.48. The number of rotatable bonds is 5. The highest BCUT2D eigenvalue weighted by molar-refractivity contribution is 7.80. The van der Waals surface area contributed by atoms with Crippen molar-refractivity contribution in [1.29, 1.82) is 0 Å². The topological polar surface area (TPSA) is 81.6 Å². The van der Waals surface area contributed by atoms with Gasteiger partial charge in [0.2, 0.25) is 0 Å². The zero-order valence-corrected chi connectivity index (χ0v) is 9.89. The SMILES string of the molecule is NC(=S)c1nccnc1NCCn1ccnc1. The van der Waals surface area contributed by atoms with Gasteiger partial charge in [-0.15, -0.1) is 0 Å². The maximum atomic E-state index is 5.55. The van der Waals surface area contributed by atoms with E-state index < -0.39 is 0 Å². The fourth-order valence-electron chi connectivity index (χ4n) is 1.37. The van der Waals surface area contributed by atoms with Gasteiger partial charge in [-0.25, -0.2) is 15.0 Å². The lowest BCUT2D eigenvalue weighted by Gasteiger charge is -2.08. The maximum absolute atomic E-state index is 5.55. The molecule has 0 aliphatic heterocycles. The molecule has 0 amide bonds. The van der Waals surface area contributed by atoms with Gasteiger partial charge in [0.1, 0.15) is 10.7 Å². The highest BCUT2D eigenvalue weighted by atomic mass is 32.1. The normalized spacial score (nSPS) is 10.1. The van der Waals surface area contributed by atoms with Gasteiger partial charge in [0, 0.05) is 37.9 Å². The van der Waals surface area contributed by atoms with Gasteiger partial charge in [-0.05, 0) is 0 Å². The molecule has 0 saturated carbocycles. The molecule has 0 aromatic carbocycles. The zero-order valence-electron chi connectivity index (χ0n) is 9.08. The van der Waals surface area contributed by atoms with Gasteiger partial charge in [0.15, 0.2) is 5.82 Å². The minimum Gasteiger partial charge on any atom is -0.388 e. The molecule has 0 aliphatic carbocycles. The van der Waals surface area contributed by atoms with Crippen LogP contribution in [0, 0.1) is 0 Å². The van der Waals surface area contributed by atoms with Crippen LogP contribution in [-0.2, 0) is 6.54 Å². The summed E-state index contributed by atoms with van der Waals surface area (Å²) in [7, 11) is 0. The van der Waals surface area contributed by atoms with Crippen molar-refractivity contribution < 1.29 is 0 Å². The number of hydrogen-bond donors (Lipinski definition) is 2. The quantitative estimate of drug-likeness (QED) is 0.746. The van der Waals surface area contributed by atoms with Crippen LogP contribution in [0.25, 0.3) is 0 Å². The van der Waals surface area contributed by atoms with Gasteiger partial charge >= 0.3 is 0 Å². The van der Waals surface area contributed by atoms with Crippen molar-refractivity contribution >= 4 is 23.0 Å². The van der Waals surface area contributed by atoms with Crippen LogP contribution in [0.1, 0.15) is 5.69 Å². The van der Waals surface area contributed by atoms with Gasteiger partial charge in [-0.2, -0.15) is 0 Å². The van der Waals surface area contributed by atoms with E-state index in [0.717, 1.165) is 6.54 Å². The number of aromatic nitrogens is 4. The molecule has 2 rings (SSSR count). The summed E-state index contributed by atoms with van der Waals surface area (Å²) in [5, 5.41) is 3.14. The largest absolute Gasteiger partial charge is 0.388 e. The maximum Gasteiger partial charge on any atom is 0.155 e.